The van der Waals surface area contributed by atoms with E-state index < -0.39 is 0 Å². The highest BCUT2D eigenvalue weighted by atomic mass is 16.1. The molecule has 2 unspecified atom stereocenters. The van der Waals surface area contributed by atoms with E-state index in [0.717, 1.165) is 0 Å². The molecule has 0 aromatic rings. The molecule has 1 saturated heterocycles. The summed E-state index contributed by atoms with van der Waals surface area (Å²) in [6.45, 7) is 9.10. The van der Waals surface area contributed by atoms with Crippen LogP contribution in [-0.2, 0) is 4.79 Å². The van der Waals surface area contributed by atoms with Crippen LogP contribution in [0.15, 0.2) is 0 Å². The van der Waals surface area contributed by atoms with Gasteiger partial charge in [0.15, 0.2) is 0 Å². The summed E-state index contributed by atoms with van der Waals surface area (Å²) in [4.78, 5) is 14.1. The molecule has 0 aliphatic carbocycles. The molecule has 2 heteroatoms. The zero-order chi connectivity index (χ0) is 10.7. The predicted octanol–water partition coefficient (Wildman–Crippen LogP) is 2.47. The third-order valence-corrected chi connectivity index (χ3v) is 3.41. The second kappa shape index (κ2) is 4.92. The molecule has 2 nitrogen and oxygen atoms in total. The van der Waals surface area contributed by atoms with Crippen LogP contribution in [-0.4, -0.2) is 29.3 Å². The molecule has 0 spiro atoms. The first-order chi connectivity index (χ1) is 6.56. The molecule has 0 amide bonds. The van der Waals surface area contributed by atoms with Crippen molar-refractivity contribution in [3.8, 4) is 0 Å². The molecule has 1 rings (SSSR count). The van der Waals surface area contributed by atoms with Crippen molar-refractivity contribution in [2.45, 2.75) is 59.0 Å². The molecule has 1 fully saturated rings. The van der Waals surface area contributed by atoms with E-state index in [1.165, 1.54) is 19.3 Å². The monoisotopic (exact) mass is 197 g/mol. The smallest absolute Gasteiger partial charge is 0.149 e. The summed E-state index contributed by atoms with van der Waals surface area (Å²) in [5, 5.41) is 0. The van der Waals surface area contributed by atoms with Crippen LogP contribution in [0.5, 0.6) is 0 Å². The van der Waals surface area contributed by atoms with Crippen LogP contribution < -0.4 is 0 Å². The van der Waals surface area contributed by atoms with Crippen molar-refractivity contribution in [1.82, 2.24) is 4.90 Å². The highest BCUT2D eigenvalue weighted by Gasteiger charge is 2.30. The van der Waals surface area contributed by atoms with Gasteiger partial charge in [0, 0.05) is 18.0 Å². The maximum atomic E-state index is 11.7. The van der Waals surface area contributed by atoms with Gasteiger partial charge in [-0.05, 0) is 26.2 Å². The average molecular weight is 197 g/mol. The molecule has 1 aliphatic heterocycles. The lowest BCUT2D eigenvalue weighted by Crippen LogP contribution is -2.39. The molecule has 0 bridgehead atoms. The minimum absolute atomic E-state index is 0.181. The fourth-order valence-corrected chi connectivity index (χ4v) is 2.21. The summed E-state index contributed by atoms with van der Waals surface area (Å²) in [6, 6.07) is 1.25. The molecular weight excluding hydrogens is 174 g/mol. The molecule has 1 heterocycles. The fourth-order valence-electron chi connectivity index (χ4n) is 2.21. The van der Waals surface area contributed by atoms with Gasteiger partial charge < -0.3 is 0 Å². The first-order valence-electron chi connectivity index (χ1n) is 5.84. The number of ketones is 1. The van der Waals surface area contributed by atoms with Gasteiger partial charge in [-0.2, -0.15) is 0 Å². The van der Waals surface area contributed by atoms with Gasteiger partial charge in [-0.3, -0.25) is 9.69 Å². The average Bonchev–Trinajstić information content (AvgIpc) is 2.47. The number of likely N-dealkylation sites (tertiary alicyclic amines) is 1. The van der Waals surface area contributed by atoms with Crippen LogP contribution in [0.25, 0.3) is 0 Å². The molecule has 2 atom stereocenters. The predicted molar refractivity (Wildman–Crippen MR) is 59.3 cm³/mol. The zero-order valence-electron chi connectivity index (χ0n) is 9.92. The highest BCUT2D eigenvalue weighted by molar-refractivity contribution is 5.82. The van der Waals surface area contributed by atoms with Crippen molar-refractivity contribution >= 4 is 5.78 Å². The fraction of sp³-hybridized carbons (Fsp3) is 0.917. The molecule has 0 N–H and O–H groups in total. The number of rotatable bonds is 4. The van der Waals surface area contributed by atoms with Crippen molar-refractivity contribution in [2.75, 3.05) is 6.54 Å². The molecule has 82 valence electrons. The quantitative estimate of drug-likeness (QED) is 0.690. The van der Waals surface area contributed by atoms with Gasteiger partial charge in [-0.15, -0.1) is 0 Å². The molecule has 0 saturated carbocycles. The van der Waals surface area contributed by atoms with Crippen molar-refractivity contribution in [1.29, 1.82) is 0 Å². The second-order valence-electron chi connectivity index (χ2n) is 4.78. The van der Waals surface area contributed by atoms with Crippen LogP contribution in [0, 0.1) is 5.92 Å². The molecule has 0 aromatic heterocycles. The van der Waals surface area contributed by atoms with Crippen LogP contribution >= 0.6 is 0 Å². The van der Waals surface area contributed by atoms with E-state index in [-0.39, 0.29) is 5.92 Å². The summed E-state index contributed by atoms with van der Waals surface area (Å²) in [7, 11) is 0. The van der Waals surface area contributed by atoms with Crippen LogP contribution in [0.3, 0.4) is 0 Å². The summed E-state index contributed by atoms with van der Waals surface area (Å²) >= 11 is 0. The first-order valence-corrected chi connectivity index (χ1v) is 5.84. The number of nitrogens with zero attached hydrogens (tertiary/aromatic N) is 1. The first kappa shape index (κ1) is 11.7. The summed E-state index contributed by atoms with van der Waals surface area (Å²) in [5.74, 6) is 0.567. The summed E-state index contributed by atoms with van der Waals surface area (Å²) < 4.78 is 0. The van der Waals surface area contributed by atoms with E-state index >= 15 is 0 Å². The van der Waals surface area contributed by atoms with Crippen molar-refractivity contribution in [2.24, 2.45) is 5.92 Å². The number of Topliss-reactive ketones (excluding diaryl/α,β-unsaturated/α-hetero) is 1. The molecular formula is C12H23NO. The van der Waals surface area contributed by atoms with E-state index in [9.17, 15) is 4.79 Å². The van der Waals surface area contributed by atoms with Crippen LogP contribution in [0.1, 0.15) is 47.0 Å². The van der Waals surface area contributed by atoms with Gasteiger partial charge in [0.1, 0.15) is 5.78 Å². The Hall–Kier alpha value is -0.370. The van der Waals surface area contributed by atoms with Gasteiger partial charge >= 0.3 is 0 Å². The maximum absolute atomic E-state index is 11.7. The van der Waals surface area contributed by atoms with Crippen molar-refractivity contribution in [3.63, 3.8) is 0 Å². The van der Waals surface area contributed by atoms with Gasteiger partial charge in [0.2, 0.25) is 0 Å². The topological polar surface area (TPSA) is 20.3 Å². The normalized spacial score (nSPS) is 28.6. The van der Waals surface area contributed by atoms with Crippen LogP contribution in [0.2, 0.25) is 0 Å². The van der Waals surface area contributed by atoms with E-state index in [0.29, 0.717) is 24.4 Å². The van der Waals surface area contributed by atoms with Gasteiger partial charge in [-0.1, -0.05) is 20.8 Å². The molecule has 0 radical (unpaired) electrons. The number of carbonyl (C=O) groups excluding carboxylic acids is 1. The largest absolute Gasteiger partial charge is 0.298 e. The Bertz CT molecular complexity index is 200. The number of hydrogen-bond acceptors (Lipinski definition) is 2. The summed E-state index contributed by atoms with van der Waals surface area (Å²) in [5.41, 5.74) is 0. The van der Waals surface area contributed by atoms with E-state index in [1.807, 2.05) is 13.8 Å². The van der Waals surface area contributed by atoms with Crippen molar-refractivity contribution < 1.29 is 4.79 Å². The van der Waals surface area contributed by atoms with Gasteiger partial charge in [0.25, 0.3) is 0 Å². The van der Waals surface area contributed by atoms with Crippen LogP contribution in [0.4, 0.5) is 0 Å². The Morgan fingerprint density at radius 1 is 1.43 bits per heavy atom. The molecule has 14 heavy (non-hydrogen) atoms. The number of carbonyl (C=O) groups is 1. The Morgan fingerprint density at radius 2 is 2.07 bits per heavy atom. The highest BCUT2D eigenvalue weighted by Crippen LogP contribution is 2.25. The molecule has 1 aliphatic rings. The standard InChI is InChI=1S/C12H23NO/c1-5-11-7-6-10(4)13(11)8-12(14)9(2)3/h9-11H,5-8H2,1-4H3. The lowest BCUT2D eigenvalue weighted by Gasteiger charge is -2.27. The maximum Gasteiger partial charge on any atom is 0.149 e. The summed E-state index contributed by atoms with van der Waals surface area (Å²) in [6.07, 6.45) is 3.70. The Kier molecular flexibility index (Phi) is 4.11. The molecule has 0 aromatic carbocycles. The van der Waals surface area contributed by atoms with E-state index in [1.54, 1.807) is 0 Å². The SMILES string of the molecule is CCC1CCC(C)N1CC(=O)C(C)C. The van der Waals surface area contributed by atoms with E-state index in [2.05, 4.69) is 18.7 Å². The lowest BCUT2D eigenvalue weighted by atomic mass is 10.1. The third kappa shape index (κ3) is 2.57. The minimum Gasteiger partial charge on any atom is -0.298 e. The lowest BCUT2D eigenvalue weighted by molar-refractivity contribution is -0.123. The van der Waals surface area contributed by atoms with Crippen molar-refractivity contribution in [3.05, 3.63) is 0 Å². The Balaban J connectivity index is 2.52. The number of hydrogen-bond donors (Lipinski definition) is 0. The van der Waals surface area contributed by atoms with Gasteiger partial charge in [-0.25, -0.2) is 0 Å². The Labute approximate surface area is 87.7 Å². The Morgan fingerprint density at radius 3 is 2.57 bits per heavy atom. The van der Waals surface area contributed by atoms with E-state index in [4.69, 9.17) is 0 Å². The second-order valence-corrected chi connectivity index (χ2v) is 4.78. The third-order valence-electron chi connectivity index (χ3n) is 3.41. The zero-order valence-corrected chi connectivity index (χ0v) is 9.92. The minimum atomic E-state index is 0.181. The van der Waals surface area contributed by atoms with Gasteiger partial charge in [0.05, 0.1) is 6.54 Å².